The van der Waals surface area contributed by atoms with E-state index < -0.39 is 11.4 Å². The summed E-state index contributed by atoms with van der Waals surface area (Å²) in [6, 6.07) is 4.29. The van der Waals surface area contributed by atoms with Crippen LogP contribution in [0.25, 0.3) is 0 Å². The first-order valence-corrected chi connectivity index (χ1v) is 10.1. The molecule has 0 unspecified atom stereocenters. The van der Waals surface area contributed by atoms with Gasteiger partial charge in [-0.05, 0) is 55.4 Å². The molecule has 24 heavy (non-hydrogen) atoms. The first-order chi connectivity index (χ1) is 11.5. The van der Waals surface area contributed by atoms with Gasteiger partial charge in [-0.25, -0.2) is 9.78 Å². The number of hydrogen-bond acceptors (Lipinski definition) is 5. The van der Waals surface area contributed by atoms with Gasteiger partial charge in [-0.2, -0.15) is 0 Å². The fraction of sp³-hybridized carbons (Fsp3) is 0.789. The van der Waals surface area contributed by atoms with Crippen LogP contribution in [0, 0.1) is 23.7 Å². The maximum Gasteiger partial charge on any atom is 0.201 e. The highest BCUT2D eigenvalue weighted by Crippen LogP contribution is 2.62. The summed E-state index contributed by atoms with van der Waals surface area (Å²) in [7, 11) is 0. The smallest absolute Gasteiger partial charge is 0.201 e. The fourth-order valence-corrected chi connectivity index (χ4v) is 6.56. The molecule has 1 spiro atoms. The molecule has 8 atom stereocenters. The van der Waals surface area contributed by atoms with E-state index in [1.807, 2.05) is 6.92 Å². The van der Waals surface area contributed by atoms with Gasteiger partial charge in [-0.1, -0.05) is 19.9 Å². The number of hydrogen-bond donors (Lipinski definition) is 0. The summed E-state index contributed by atoms with van der Waals surface area (Å²) >= 11 is 1.77. The van der Waals surface area contributed by atoms with Crippen LogP contribution >= 0.6 is 11.3 Å². The molecule has 5 fully saturated rings. The lowest BCUT2D eigenvalue weighted by Crippen LogP contribution is -2.69. The molecule has 2 bridgehead atoms. The molecule has 6 rings (SSSR count). The molecular weight excluding hydrogens is 324 g/mol. The lowest BCUT2D eigenvalue weighted by molar-refractivity contribution is -0.571. The van der Waals surface area contributed by atoms with Crippen LogP contribution in [0.4, 0.5) is 0 Å². The second-order valence-electron chi connectivity index (χ2n) is 8.34. The van der Waals surface area contributed by atoms with Gasteiger partial charge in [0.15, 0.2) is 11.9 Å². The van der Waals surface area contributed by atoms with Crippen LogP contribution in [0.2, 0.25) is 0 Å². The third-order valence-corrected chi connectivity index (χ3v) is 7.92. The third-order valence-electron chi connectivity index (χ3n) is 6.98. The molecule has 1 aromatic rings. The molecule has 0 aromatic carbocycles. The van der Waals surface area contributed by atoms with Gasteiger partial charge in [0.25, 0.3) is 0 Å². The molecule has 1 aliphatic carbocycles. The first-order valence-electron chi connectivity index (χ1n) is 9.27. The van der Waals surface area contributed by atoms with Crippen LogP contribution < -0.4 is 0 Å². The van der Waals surface area contributed by atoms with Crippen molar-refractivity contribution in [3.63, 3.8) is 0 Å². The van der Waals surface area contributed by atoms with E-state index in [0.29, 0.717) is 23.7 Å². The van der Waals surface area contributed by atoms with Crippen molar-refractivity contribution >= 4 is 11.3 Å². The summed E-state index contributed by atoms with van der Waals surface area (Å²) in [5.74, 6) is 1.18. The molecule has 4 saturated heterocycles. The molecule has 5 heteroatoms. The van der Waals surface area contributed by atoms with Gasteiger partial charge in [0.05, 0.1) is 6.10 Å². The van der Waals surface area contributed by atoms with Crippen molar-refractivity contribution < 1.29 is 19.2 Å². The van der Waals surface area contributed by atoms with Crippen molar-refractivity contribution in [2.24, 2.45) is 23.7 Å². The Morgan fingerprint density at radius 3 is 2.79 bits per heavy atom. The van der Waals surface area contributed by atoms with E-state index in [2.05, 4.69) is 31.4 Å². The molecule has 132 valence electrons. The molecule has 0 N–H and O–H groups in total. The lowest BCUT2D eigenvalue weighted by atomic mass is 9.57. The van der Waals surface area contributed by atoms with E-state index in [1.165, 1.54) is 11.3 Å². The molecule has 0 radical (unpaired) electrons. The summed E-state index contributed by atoms with van der Waals surface area (Å²) in [4.78, 5) is 13.3. The summed E-state index contributed by atoms with van der Waals surface area (Å²) in [6.45, 7) is 6.65. The molecular formula is C19H26O4S. The highest BCUT2D eigenvalue weighted by atomic mass is 32.1. The number of ether oxygens (including phenoxy) is 2. The predicted molar refractivity (Wildman–Crippen MR) is 90.1 cm³/mol. The maximum atomic E-state index is 6.58. The molecule has 0 amide bonds. The van der Waals surface area contributed by atoms with E-state index >= 15 is 0 Å². The van der Waals surface area contributed by atoms with Gasteiger partial charge < -0.3 is 9.47 Å². The Kier molecular flexibility index (Phi) is 3.46. The molecule has 1 aromatic heterocycles. The van der Waals surface area contributed by atoms with E-state index in [-0.39, 0.29) is 12.4 Å². The molecule has 1 saturated carbocycles. The van der Waals surface area contributed by atoms with Gasteiger partial charge in [-0.15, -0.1) is 11.3 Å². The van der Waals surface area contributed by atoms with Crippen molar-refractivity contribution in [3.8, 4) is 0 Å². The predicted octanol–water partition coefficient (Wildman–Crippen LogP) is 4.67. The van der Waals surface area contributed by atoms with Gasteiger partial charge in [0.1, 0.15) is 0 Å². The van der Waals surface area contributed by atoms with Crippen molar-refractivity contribution in [3.05, 3.63) is 22.4 Å². The van der Waals surface area contributed by atoms with Gasteiger partial charge in [-0.3, -0.25) is 0 Å². The van der Waals surface area contributed by atoms with Crippen LogP contribution in [0.3, 0.4) is 0 Å². The standard InChI is InChI=1S/C19H26O4S/c1-11-6-7-14-12(2)16(15-5-4-10-24-15)20-17-19(14)13(11)8-9-18(3,21-17)22-23-19/h4-5,10-14,16-17H,6-9H2,1-3H3/t11-,12-,13+,14+,16-,17-,18-,19-/m1/s1. The Morgan fingerprint density at radius 2 is 2.00 bits per heavy atom. The average molecular weight is 350 g/mol. The van der Waals surface area contributed by atoms with Gasteiger partial charge >= 0.3 is 0 Å². The Balaban J connectivity index is 1.60. The van der Waals surface area contributed by atoms with Crippen molar-refractivity contribution in [2.45, 2.75) is 70.2 Å². The molecule has 5 aliphatic rings. The summed E-state index contributed by atoms with van der Waals surface area (Å²) in [5.41, 5.74) is -0.444. The van der Waals surface area contributed by atoms with Crippen molar-refractivity contribution in [1.29, 1.82) is 0 Å². The van der Waals surface area contributed by atoms with Crippen LogP contribution in [0.5, 0.6) is 0 Å². The van der Waals surface area contributed by atoms with Crippen molar-refractivity contribution in [2.75, 3.05) is 0 Å². The zero-order chi connectivity index (χ0) is 16.5. The summed E-state index contributed by atoms with van der Waals surface area (Å²) < 4.78 is 13.0. The second kappa shape index (κ2) is 5.27. The zero-order valence-electron chi connectivity index (χ0n) is 14.6. The molecule has 4 nitrogen and oxygen atoms in total. The largest absolute Gasteiger partial charge is 0.340 e. The Morgan fingerprint density at radius 1 is 1.12 bits per heavy atom. The van der Waals surface area contributed by atoms with Gasteiger partial charge in [0.2, 0.25) is 5.79 Å². The third kappa shape index (κ3) is 1.99. The number of rotatable bonds is 1. The first kappa shape index (κ1) is 15.8. The normalized spacial score (nSPS) is 53.5. The van der Waals surface area contributed by atoms with Crippen LogP contribution in [0.15, 0.2) is 17.5 Å². The zero-order valence-corrected chi connectivity index (χ0v) is 15.4. The second-order valence-corrected chi connectivity index (χ2v) is 9.32. The molecule has 5 heterocycles. The fourth-order valence-electron chi connectivity index (χ4n) is 5.68. The maximum absolute atomic E-state index is 6.58. The quantitative estimate of drug-likeness (QED) is 0.690. The summed E-state index contributed by atoms with van der Waals surface area (Å²) in [5, 5.41) is 2.13. The van der Waals surface area contributed by atoms with E-state index in [0.717, 1.165) is 19.3 Å². The molecule has 4 aliphatic heterocycles. The van der Waals surface area contributed by atoms with Crippen LogP contribution in [-0.2, 0) is 19.2 Å². The van der Waals surface area contributed by atoms with Crippen LogP contribution in [-0.4, -0.2) is 17.7 Å². The topological polar surface area (TPSA) is 36.9 Å². The number of fused-ring (bicyclic) bond motifs is 2. The van der Waals surface area contributed by atoms with Crippen LogP contribution in [0.1, 0.15) is 57.4 Å². The lowest BCUT2D eigenvalue weighted by Gasteiger charge is -2.60. The summed E-state index contributed by atoms with van der Waals surface area (Å²) in [6.07, 6.45) is 4.12. The Hall–Kier alpha value is -0.460. The highest BCUT2D eigenvalue weighted by molar-refractivity contribution is 7.10. The average Bonchev–Trinajstić information content (AvgIpc) is 2.99. The van der Waals surface area contributed by atoms with E-state index in [9.17, 15) is 0 Å². The minimum Gasteiger partial charge on any atom is -0.340 e. The SMILES string of the molecule is C[C@H]1[C@H](c2cccs2)O[C@@H]2O[C@@]3(C)CC[C@H]4[C@H](C)CC[C@@H]1[C@@]24OO3. The minimum atomic E-state index is -0.682. The minimum absolute atomic E-state index is 0.0891. The van der Waals surface area contributed by atoms with E-state index in [1.54, 1.807) is 11.3 Å². The van der Waals surface area contributed by atoms with E-state index in [4.69, 9.17) is 19.2 Å². The monoisotopic (exact) mass is 350 g/mol. The van der Waals surface area contributed by atoms with Crippen molar-refractivity contribution in [1.82, 2.24) is 0 Å². The highest BCUT2D eigenvalue weighted by Gasteiger charge is 2.69. The van der Waals surface area contributed by atoms with Gasteiger partial charge in [0, 0.05) is 17.2 Å². The Labute approximate surface area is 147 Å². The number of thiophene rings is 1. The Bertz CT molecular complexity index is 619.